The number of sulfone groups is 1. The third kappa shape index (κ3) is 3.78. The highest BCUT2D eigenvalue weighted by Crippen LogP contribution is 2.29. The van der Waals surface area contributed by atoms with E-state index in [1.165, 1.54) is 24.3 Å². The minimum absolute atomic E-state index is 0.169. The molecule has 0 unspecified atom stereocenters. The van der Waals surface area contributed by atoms with Gasteiger partial charge in [0.25, 0.3) is 5.91 Å². The molecule has 0 aliphatic rings. The molecule has 1 amide bonds. The summed E-state index contributed by atoms with van der Waals surface area (Å²) in [4.78, 5) is 21.4. The van der Waals surface area contributed by atoms with Crippen LogP contribution in [0.1, 0.15) is 10.4 Å². The van der Waals surface area contributed by atoms with Gasteiger partial charge in [0.2, 0.25) is 0 Å². The lowest BCUT2D eigenvalue weighted by molar-refractivity contribution is 0.102. The van der Waals surface area contributed by atoms with Crippen molar-refractivity contribution in [1.82, 2.24) is 9.97 Å². The van der Waals surface area contributed by atoms with Crippen LogP contribution in [0.2, 0.25) is 0 Å². The first kappa shape index (κ1) is 18.3. The van der Waals surface area contributed by atoms with Crippen molar-refractivity contribution in [1.29, 1.82) is 0 Å². The quantitative estimate of drug-likeness (QED) is 0.550. The molecule has 0 fully saturated rings. The summed E-state index contributed by atoms with van der Waals surface area (Å²) in [7, 11) is -3.29. The number of aromatic nitrogens is 2. The molecule has 0 aliphatic carbocycles. The molecule has 2 aromatic carbocycles. The van der Waals surface area contributed by atoms with Gasteiger partial charge < -0.3 is 5.32 Å². The highest BCUT2D eigenvalue weighted by Gasteiger charge is 2.11. The van der Waals surface area contributed by atoms with Crippen molar-refractivity contribution < 1.29 is 13.2 Å². The number of pyridine rings is 1. The van der Waals surface area contributed by atoms with E-state index in [2.05, 4.69) is 15.3 Å². The van der Waals surface area contributed by atoms with Gasteiger partial charge in [0, 0.05) is 23.6 Å². The third-order valence-corrected chi connectivity index (χ3v) is 6.30. The van der Waals surface area contributed by atoms with Crippen LogP contribution in [0.4, 0.5) is 5.82 Å². The summed E-state index contributed by atoms with van der Waals surface area (Å²) in [6.45, 7) is 0. The first-order valence-corrected chi connectivity index (χ1v) is 11.0. The monoisotopic (exact) mass is 409 g/mol. The molecular formula is C20H15N3O3S2. The van der Waals surface area contributed by atoms with Gasteiger partial charge in [-0.25, -0.2) is 18.4 Å². The van der Waals surface area contributed by atoms with E-state index < -0.39 is 9.84 Å². The second-order valence-electron chi connectivity index (χ2n) is 6.17. The summed E-state index contributed by atoms with van der Waals surface area (Å²) >= 11 is 1.58. The molecule has 0 radical (unpaired) electrons. The molecule has 4 rings (SSSR count). The van der Waals surface area contributed by atoms with Crippen LogP contribution >= 0.6 is 11.3 Å². The Hall–Kier alpha value is -3.10. The highest BCUT2D eigenvalue weighted by molar-refractivity contribution is 7.90. The number of thiazole rings is 1. The van der Waals surface area contributed by atoms with Crippen molar-refractivity contribution in [2.75, 3.05) is 11.6 Å². The van der Waals surface area contributed by atoms with E-state index >= 15 is 0 Å². The van der Waals surface area contributed by atoms with Crippen molar-refractivity contribution in [2.24, 2.45) is 0 Å². The van der Waals surface area contributed by atoms with E-state index in [1.807, 2.05) is 30.3 Å². The van der Waals surface area contributed by atoms with Gasteiger partial charge in [-0.05, 0) is 48.5 Å². The van der Waals surface area contributed by atoms with E-state index in [4.69, 9.17) is 0 Å². The number of hydrogen-bond acceptors (Lipinski definition) is 6. The topological polar surface area (TPSA) is 89.0 Å². The zero-order valence-corrected chi connectivity index (χ0v) is 16.4. The Morgan fingerprint density at radius 2 is 1.75 bits per heavy atom. The maximum Gasteiger partial charge on any atom is 0.256 e. The molecule has 0 saturated heterocycles. The number of hydrogen-bond donors (Lipinski definition) is 1. The molecule has 0 saturated carbocycles. The lowest BCUT2D eigenvalue weighted by Gasteiger charge is -2.06. The largest absolute Gasteiger partial charge is 0.307 e. The van der Waals surface area contributed by atoms with E-state index in [-0.39, 0.29) is 10.8 Å². The molecule has 8 heteroatoms. The van der Waals surface area contributed by atoms with Crippen LogP contribution in [0, 0.1) is 0 Å². The zero-order chi connectivity index (χ0) is 19.7. The van der Waals surface area contributed by atoms with E-state index in [9.17, 15) is 13.2 Å². The van der Waals surface area contributed by atoms with Crippen LogP contribution in [0.3, 0.4) is 0 Å². The van der Waals surface area contributed by atoms with Crippen molar-refractivity contribution in [3.8, 4) is 10.6 Å². The Bertz CT molecular complexity index is 1230. The van der Waals surface area contributed by atoms with Gasteiger partial charge in [0.05, 0.1) is 15.1 Å². The van der Waals surface area contributed by atoms with Crippen molar-refractivity contribution in [3.05, 3.63) is 72.4 Å². The molecular weight excluding hydrogens is 394 g/mol. The number of carbonyl (C=O) groups is 1. The molecule has 4 aromatic rings. The van der Waals surface area contributed by atoms with Crippen molar-refractivity contribution in [3.63, 3.8) is 0 Å². The summed E-state index contributed by atoms with van der Waals surface area (Å²) in [6, 6.07) is 17.2. The fourth-order valence-electron chi connectivity index (χ4n) is 2.63. The van der Waals surface area contributed by atoms with Gasteiger partial charge in [-0.1, -0.05) is 12.1 Å². The van der Waals surface area contributed by atoms with Crippen LogP contribution in [0.5, 0.6) is 0 Å². The van der Waals surface area contributed by atoms with Crippen LogP contribution < -0.4 is 5.32 Å². The third-order valence-electron chi connectivity index (χ3n) is 4.09. The first-order chi connectivity index (χ1) is 13.4. The van der Waals surface area contributed by atoms with Crippen LogP contribution in [0.15, 0.2) is 71.8 Å². The Balaban J connectivity index is 1.50. The minimum atomic E-state index is -3.29. The normalized spacial score (nSPS) is 11.5. The second kappa shape index (κ2) is 7.14. The molecule has 0 spiro atoms. The molecule has 2 aromatic heterocycles. The second-order valence-corrected chi connectivity index (χ2v) is 9.22. The standard InChI is InChI=1S/C20H15N3O3S2/c1-28(25,26)15-9-6-13(7-10-15)19(24)23-18-11-8-14(12-21-18)20-22-16-4-2-3-5-17(16)27-20/h2-12H,1H3,(H,21,23,24). The minimum Gasteiger partial charge on any atom is -0.307 e. The smallest absolute Gasteiger partial charge is 0.256 e. The zero-order valence-electron chi connectivity index (χ0n) is 14.8. The number of anilines is 1. The molecule has 28 heavy (non-hydrogen) atoms. The van der Waals surface area contributed by atoms with E-state index in [1.54, 1.807) is 23.6 Å². The van der Waals surface area contributed by atoms with Crippen LogP contribution in [-0.4, -0.2) is 30.5 Å². The number of nitrogens with one attached hydrogen (secondary N) is 1. The molecule has 140 valence electrons. The number of fused-ring (bicyclic) bond motifs is 1. The van der Waals surface area contributed by atoms with Crippen LogP contribution in [0.25, 0.3) is 20.8 Å². The lowest BCUT2D eigenvalue weighted by Crippen LogP contribution is -2.13. The number of nitrogens with zero attached hydrogens (tertiary/aromatic N) is 2. The molecule has 1 N–H and O–H groups in total. The van der Waals surface area contributed by atoms with Gasteiger partial charge in [-0.2, -0.15) is 0 Å². The summed E-state index contributed by atoms with van der Waals surface area (Å²) < 4.78 is 24.1. The number of carbonyl (C=O) groups excluding carboxylic acids is 1. The molecule has 2 heterocycles. The maximum absolute atomic E-state index is 12.3. The summed E-state index contributed by atoms with van der Waals surface area (Å²) in [6.07, 6.45) is 2.79. The molecule has 0 aliphatic heterocycles. The Labute approximate surface area is 165 Å². The fourth-order valence-corrected chi connectivity index (χ4v) is 4.22. The SMILES string of the molecule is CS(=O)(=O)c1ccc(C(=O)Nc2ccc(-c3nc4ccccc4s3)cn2)cc1. The van der Waals surface area contributed by atoms with Crippen molar-refractivity contribution in [2.45, 2.75) is 4.90 Å². The van der Waals surface area contributed by atoms with Gasteiger partial charge in [-0.15, -0.1) is 11.3 Å². The molecule has 6 nitrogen and oxygen atoms in total. The fraction of sp³-hybridized carbons (Fsp3) is 0.0500. The Morgan fingerprint density at radius 1 is 1.00 bits per heavy atom. The molecule has 0 atom stereocenters. The van der Waals surface area contributed by atoms with E-state index in [0.29, 0.717) is 11.4 Å². The van der Waals surface area contributed by atoms with Gasteiger partial charge in [-0.3, -0.25) is 4.79 Å². The Kier molecular flexibility index (Phi) is 4.66. The Morgan fingerprint density at radius 3 is 2.39 bits per heavy atom. The maximum atomic E-state index is 12.3. The number of para-hydroxylation sites is 1. The number of benzene rings is 2. The highest BCUT2D eigenvalue weighted by atomic mass is 32.2. The average Bonchev–Trinajstić information content (AvgIpc) is 3.12. The first-order valence-electron chi connectivity index (χ1n) is 8.34. The summed E-state index contributed by atoms with van der Waals surface area (Å²) in [5, 5.41) is 3.57. The average molecular weight is 409 g/mol. The summed E-state index contributed by atoms with van der Waals surface area (Å²) in [5.74, 6) is 0.0438. The van der Waals surface area contributed by atoms with Gasteiger partial charge in [0.15, 0.2) is 9.84 Å². The van der Waals surface area contributed by atoms with Gasteiger partial charge >= 0.3 is 0 Å². The predicted octanol–water partition coefficient (Wildman–Crippen LogP) is 4.01. The van der Waals surface area contributed by atoms with E-state index in [0.717, 1.165) is 27.0 Å². The number of rotatable bonds is 4. The molecule has 0 bridgehead atoms. The predicted molar refractivity (Wildman–Crippen MR) is 110 cm³/mol. The summed E-state index contributed by atoms with van der Waals surface area (Å²) in [5.41, 5.74) is 2.17. The van der Waals surface area contributed by atoms with Crippen LogP contribution in [-0.2, 0) is 9.84 Å². The lowest BCUT2D eigenvalue weighted by atomic mass is 10.2. The van der Waals surface area contributed by atoms with Crippen molar-refractivity contribution >= 4 is 43.1 Å². The van der Waals surface area contributed by atoms with Gasteiger partial charge in [0.1, 0.15) is 10.8 Å². The number of amides is 1.